The Hall–Kier alpha value is -2.19. The molecule has 0 saturated heterocycles. The van der Waals surface area contributed by atoms with Gasteiger partial charge in [-0.1, -0.05) is 23.7 Å². The van der Waals surface area contributed by atoms with Crippen molar-refractivity contribution in [1.82, 2.24) is 4.72 Å². The summed E-state index contributed by atoms with van der Waals surface area (Å²) in [6.07, 6.45) is 7.00. The van der Waals surface area contributed by atoms with Crippen LogP contribution in [-0.2, 0) is 29.1 Å². The van der Waals surface area contributed by atoms with Gasteiger partial charge in [0.05, 0.1) is 24.4 Å². The molecule has 1 unspecified atom stereocenters. The lowest BCUT2D eigenvalue weighted by molar-refractivity contribution is 0.0600. The van der Waals surface area contributed by atoms with Gasteiger partial charge in [0.2, 0.25) is 0 Å². The Morgan fingerprint density at radius 3 is 2.72 bits per heavy atom. The molecule has 1 N–H and O–H groups in total. The minimum atomic E-state index is -1.17. The molecule has 2 aliphatic rings. The number of hydrogen-bond acceptors (Lipinski definition) is 6. The van der Waals surface area contributed by atoms with Gasteiger partial charge < -0.3 is 18.9 Å². The maximum Gasteiger partial charge on any atom is 0.337 e. The molecular formula is C31H41ClN2O4S. The number of carbonyl (C=O) groups excluding carboxylic acids is 1. The molecule has 2 aromatic carbocycles. The van der Waals surface area contributed by atoms with E-state index in [1.165, 1.54) is 12.7 Å². The maximum atomic E-state index is 12.8. The summed E-state index contributed by atoms with van der Waals surface area (Å²) in [5.41, 5.74) is 3.75. The van der Waals surface area contributed by atoms with Gasteiger partial charge >= 0.3 is 5.97 Å². The quantitative estimate of drug-likeness (QED) is 0.232. The molecule has 8 heteroatoms. The number of anilines is 1. The molecule has 2 aromatic rings. The average molecular weight is 573 g/mol. The number of aryl methyl sites for hydroxylation is 1. The van der Waals surface area contributed by atoms with Crippen LogP contribution in [0.5, 0.6) is 5.75 Å². The summed E-state index contributed by atoms with van der Waals surface area (Å²) < 4.78 is 27.2. The van der Waals surface area contributed by atoms with E-state index in [2.05, 4.69) is 16.2 Å². The molecule has 1 saturated carbocycles. The van der Waals surface area contributed by atoms with Gasteiger partial charge in [-0.15, -0.1) is 11.3 Å². The molecular weight excluding hydrogens is 532 g/mol. The largest absolute Gasteiger partial charge is 0.598 e. The Balaban J connectivity index is 1.60. The van der Waals surface area contributed by atoms with E-state index in [0.29, 0.717) is 24.0 Å². The number of nitrogens with zero attached hydrogens (tertiary/aromatic N) is 1. The van der Waals surface area contributed by atoms with Gasteiger partial charge in [0, 0.05) is 29.5 Å². The highest BCUT2D eigenvalue weighted by Crippen LogP contribution is 2.41. The van der Waals surface area contributed by atoms with Crippen LogP contribution in [0.2, 0.25) is 5.02 Å². The lowest BCUT2D eigenvalue weighted by Crippen LogP contribution is -2.52. The summed E-state index contributed by atoms with van der Waals surface area (Å²) in [6.45, 7) is 12.1. The van der Waals surface area contributed by atoms with E-state index in [4.69, 9.17) is 21.1 Å². The zero-order valence-electron chi connectivity index (χ0n) is 23.5. The number of rotatable bonds is 7. The van der Waals surface area contributed by atoms with Crippen molar-refractivity contribution in [2.24, 2.45) is 11.8 Å². The fraction of sp³-hybridized carbons (Fsp3) is 0.516. The number of nitrogens with one attached hydrogen (secondary N) is 1. The number of carbonyl (C=O) groups is 1. The predicted octanol–water partition coefficient (Wildman–Crippen LogP) is 6.48. The molecule has 39 heavy (non-hydrogen) atoms. The maximum absolute atomic E-state index is 12.8. The van der Waals surface area contributed by atoms with E-state index >= 15 is 0 Å². The standard InChI is InChI=1S/C31H41ClN2O4S/c1-6-27(33-39(36)31(2,3)4)26-14-11-23(26)19-34-16-8-7-9-21-17-25(32)13-10-24(21)20-38-29-15-12-22(18-28(29)34)30(35)37-5/h6,10,12-13,15,17-18,23,26-27,33H,1,7-9,11,14,16,19-20H2,2-5H3/t23-,26+,27-,39?/m0/s1. The van der Waals surface area contributed by atoms with Gasteiger partial charge in [-0.25, -0.2) is 4.79 Å². The Bertz CT molecular complexity index is 1170. The molecule has 1 fully saturated rings. The van der Waals surface area contributed by atoms with Crippen LogP contribution in [0, 0.1) is 11.8 Å². The van der Waals surface area contributed by atoms with E-state index in [1.807, 2.05) is 57.2 Å². The zero-order valence-corrected chi connectivity index (χ0v) is 25.1. The van der Waals surface area contributed by atoms with Crippen molar-refractivity contribution in [3.63, 3.8) is 0 Å². The molecule has 4 atom stereocenters. The average Bonchev–Trinajstić information content (AvgIpc) is 2.92. The fourth-order valence-corrected chi connectivity index (χ4v) is 6.44. The second-order valence-corrected chi connectivity index (χ2v) is 14.0. The van der Waals surface area contributed by atoms with Crippen LogP contribution in [-0.4, -0.2) is 41.5 Å². The summed E-state index contributed by atoms with van der Waals surface area (Å²) in [7, 11) is 1.40. The molecule has 0 bridgehead atoms. The van der Waals surface area contributed by atoms with Crippen LogP contribution in [0.25, 0.3) is 0 Å². The fourth-order valence-electron chi connectivity index (χ4n) is 5.37. The minimum Gasteiger partial charge on any atom is -0.598 e. The first-order chi connectivity index (χ1) is 18.6. The first kappa shape index (κ1) is 29.8. The van der Waals surface area contributed by atoms with Crippen molar-refractivity contribution in [2.45, 2.75) is 70.3 Å². The molecule has 1 aliphatic heterocycles. The van der Waals surface area contributed by atoms with Crippen molar-refractivity contribution >= 4 is 34.6 Å². The number of ether oxygens (including phenoxy) is 2. The van der Waals surface area contributed by atoms with E-state index in [1.54, 1.807) is 6.07 Å². The smallest absolute Gasteiger partial charge is 0.337 e. The topological polar surface area (TPSA) is 73.9 Å². The Kier molecular flexibility index (Phi) is 9.92. The molecule has 0 spiro atoms. The number of halogens is 1. The molecule has 0 aromatic heterocycles. The highest BCUT2D eigenvalue weighted by Gasteiger charge is 2.40. The van der Waals surface area contributed by atoms with Gasteiger partial charge in [-0.05, 0) is 106 Å². The van der Waals surface area contributed by atoms with Crippen LogP contribution >= 0.6 is 11.6 Å². The summed E-state index contributed by atoms with van der Waals surface area (Å²) in [5, 5.41) is 0.738. The zero-order chi connectivity index (χ0) is 28.2. The Morgan fingerprint density at radius 2 is 2.05 bits per heavy atom. The molecule has 0 radical (unpaired) electrons. The van der Waals surface area contributed by atoms with E-state index in [0.717, 1.165) is 67.2 Å². The van der Waals surface area contributed by atoms with E-state index < -0.39 is 11.4 Å². The van der Waals surface area contributed by atoms with Crippen LogP contribution < -0.4 is 14.4 Å². The van der Waals surface area contributed by atoms with Crippen LogP contribution in [0.4, 0.5) is 5.69 Å². The minimum absolute atomic E-state index is 0.0240. The third-order valence-electron chi connectivity index (χ3n) is 7.84. The van der Waals surface area contributed by atoms with Gasteiger partial charge in [0.25, 0.3) is 0 Å². The second kappa shape index (κ2) is 13.0. The number of methoxy groups -OCH3 is 1. The van der Waals surface area contributed by atoms with Crippen molar-refractivity contribution in [3.05, 3.63) is 70.8 Å². The third-order valence-corrected chi connectivity index (χ3v) is 9.68. The van der Waals surface area contributed by atoms with Gasteiger partial charge in [-0.3, -0.25) is 0 Å². The van der Waals surface area contributed by atoms with Gasteiger partial charge in [-0.2, -0.15) is 0 Å². The normalized spacial score (nSPS) is 21.2. The van der Waals surface area contributed by atoms with Crippen LogP contribution in [0.15, 0.2) is 49.1 Å². The highest BCUT2D eigenvalue weighted by molar-refractivity contribution is 7.90. The van der Waals surface area contributed by atoms with Gasteiger partial charge in [0.15, 0.2) is 0 Å². The number of fused-ring (bicyclic) bond motifs is 2. The Labute approximate surface area is 241 Å². The van der Waals surface area contributed by atoms with E-state index in [9.17, 15) is 9.35 Å². The number of hydrogen-bond donors (Lipinski definition) is 1. The molecule has 0 amide bonds. The van der Waals surface area contributed by atoms with Crippen LogP contribution in [0.3, 0.4) is 0 Å². The van der Waals surface area contributed by atoms with Crippen molar-refractivity contribution in [3.8, 4) is 5.75 Å². The monoisotopic (exact) mass is 572 g/mol. The first-order valence-electron chi connectivity index (χ1n) is 13.8. The molecule has 4 rings (SSSR count). The molecule has 1 aliphatic carbocycles. The number of benzene rings is 2. The van der Waals surface area contributed by atoms with Crippen LogP contribution in [0.1, 0.15) is 67.9 Å². The summed E-state index contributed by atoms with van der Waals surface area (Å²) in [5.74, 6) is 1.11. The van der Waals surface area contributed by atoms with Crippen molar-refractivity contribution in [1.29, 1.82) is 0 Å². The summed E-state index contributed by atoms with van der Waals surface area (Å²) in [6, 6.07) is 11.5. The lowest BCUT2D eigenvalue weighted by atomic mass is 9.69. The molecule has 212 valence electrons. The van der Waals surface area contributed by atoms with Gasteiger partial charge in [0.1, 0.15) is 17.1 Å². The Morgan fingerprint density at radius 1 is 1.26 bits per heavy atom. The van der Waals surface area contributed by atoms with Crippen molar-refractivity contribution < 1.29 is 18.8 Å². The number of esters is 1. The summed E-state index contributed by atoms with van der Waals surface area (Å²) >= 11 is 5.13. The summed E-state index contributed by atoms with van der Waals surface area (Å²) in [4.78, 5) is 14.8. The lowest BCUT2D eigenvalue weighted by Gasteiger charge is -2.44. The van der Waals surface area contributed by atoms with E-state index in [-0.39, 0.29) is 16.8 Å². The second-order valence-electron chi connectivity index (χ2n) is 11.5. The molecule has 1 heterocycles. The third kappa shape index (κ3) is 7.31. The van der Waals surface area contributed by atoms with Crippen molar-refractivity contribution in [2.75, 3.05) is 25.1 Å². The highest BCUT2D eigenvalue weighted by atomic mass is 35.5. The SMILES string of the molecule is C=C[C@H](N[S+]([O-])C(C)(C)C)[C@@H]1CC[C@H]1CN1CCCCc2cc(Cl)ccc2COc2ccc(C(=O)OC)cc21. The molecule has 6 nitrogen and oxygen atoms in total. The first-order valence-corrected chi connectivity index (χ1v) is 15.3. The predicted molar refractivity (Wildman–Crippen MR) is 160 cm³/mol.